The maximum atomic E-state index is 5.46. The molecule has 1 aliphatic rings. The van der Waals surface area contributed by atoms with Crippen molar-refractivity contribution in [2.45, 2.75) is 83.6 Å². The van der Waals surface area contributed by atoms with Gasteiger partial charge in [-0.15, -0.1) is 0 Å². The second-order valence-corrected chi connectivity index (χ2v) is 8.73. The normalized spacial score (nSPS) is 18.3. The van der Waals surface area contributed by atoms with Crippen molar-refractivity contribution in [3.8, 4) is 0 Å². The van der Waals surface area contributed by atoms with E-state index in [0.717, 1.165) is 0 Å². The van der Waals surface area contributed by atoms with Crippen molar-refractivity contribution in [1.29, 1.82) is 0 Å². The second-order valence-electron chi connectivity index (χ2n) is 5.73. The van der Waals surface area contributed by atoms with Gasteiger partial charge in [0.25, 0.3) is 0 Å². The lowest BCUT2D eigenvalue weighted by Crippen LogP contribution is -2.36. The molecule has 18 heavy (non-hydrogen) atoms. The SMILES string of the molecule is CCCCCC.CO[SiH](OC)C1(C)CCCCC1. The van der Waals surface area contributed by atoms with Crippen LogP contribution in [0.5, 0.6) is 0 Å². The van der Waals surface area contributed by atoms with Gasteiger partial charge in [0.15, 0.2) is 0 Å². The molecule has 3 heteroatoms. The van der Waals surface area contributed by atoms with Gasteiger partial charge in [-0.05, 0) is 12.8 Å². The number of hydrogen-bond acceptors (Lipinski definition) is 2. The average molecular weight is 275 g/mol. The highest BCUT2D eigenvalue weighted by atomic mass is 28.3. The zero-order valence-electron chi connectivity index (χ0n) is 13.3. The summed E-state index contributed by atoms with van der Waals surface area (Å²) < 4.78 is 10.9. The minimum absolute atomic E-state index is 0.391. The summed E-state index contributed by atoms with van der Waals surface area (Å²) in [7, 11) is 2.20. The summed E-state index contributed by atoms with van der Waals surface area (Å²) >= 11 is 0. The minimum atomic E-state index is -1.39. The Morgan fingerprint density at radius 3 is 1.67 bits per heavy atom. The van der Waals surface area contributed by atoms with E-state index in [1.54, 1.807) is 14.2 Å². The van der Waals surface area contributed by atoms with Crippen LogP contribution in [0.25, 0.3) is 0 Å². The predicted octanol–water partition coefficient (Wildman–Crippen LogP) is 4.81. The summed E-state index contributed by atoms with van der Waals surface area (Å²) in [4.78, 5) is 0. The molecule has 0 aromatic carbocycles. The summed E-state index contributed by atoms with van der Waals surface area (Å²) in [5.41, 5.74) is 0. The highest BCUT2D eigenvalue weighted by Crippen LogP contribution is 2.44. The van der Waals surface area contributed by atoms with Crippen molar-refractivity contribution in [2.75, 3.05) is 14.2 Å². The zero-order valence-corrected chi connectivity index (χ0v) is 14.4. The number of hydrogen-bond donors (Lipinski definition) is 0. The zero-order chi connectivity index (χ0) is 13.9. The van der Waals surface area contributed by atoms with E-state index in [4.69, 9.17) is 8.85 Å². The van der Waals surface area contributed by atoms with Crippen LogP contribution < -0.4 is 0 Å². The molecule has 0 bridgehead atoms. The van der Waals surface area contributed by atoms with Gasteiger partial charge >= 0.3 is 9.28 Å². The van der Waals surface area contributed by atoms with Gasteiger partial charge in [0, 0.05) is 19.3 Å². The van der Waals surface area contributed by atoms with Gasteiger partial charge in [0.05, 0.1) is 0 Å². The molecule has 0 unspecified atom stereocenters. The smallest absolute Gasteiger partial charge is 0.327 e. The van der Waals surface area contributed by atoms with E-state index in [1.807, 2.05) is 0 Å². The summed E-state index contributed by atoms with van der Waals surface area (Å²) in [5, 5.41) is 0.391. The van der Waals surface area contributed by atoms with Gasteiger partial charge in [0.1, 0.15) is 0 Å². The molecule has 0 radical (unpaired) electrons. The van der Waals surface area contributed by atoms with Crippen LogP contribution in [0, 0.1) is 0 Å². The van der Waals surface area contributed by atoms with Crippen LogP contribution >= 0.6 is 0 Å². The van der Waals surface area contributed by atoms with E-state index in [-0.39, 0.29) is 0 Å². The molecule has 0 saturated heterocycles. The molecule has 0 amide bonds. The molecular formula is C15H34O2Si. The Labute approximate surface area is 116 Å². The van der Waals surface area contributed by atoms with Gasteiger partial charge in [-0.25, -0.2) is 0 Å². The molecule has 0 heterocycles. The maximum absolute atomic E-state index is 5.46. The van der Waals surface area contributed by atoms with Crippen LogP contribution in [-0.4, -0.2) is 23.5 Å². The Kier molecular flexibility index (Phi) is 11.1. The molecular weight excluding hydrogens is 240 g/mol. The molecule has 2 nitrogen and oxygen atoms in total. The van der Waals surface area contributed by atoms with Gasteiger partial charge in [-0.2, -0.15) is 0 Å². The fourth-order valence-electron chi connectivity index (χ4n) is 2.76. The van der Waals surface area contributed by atoms with Crippen LogP contribution in [0.1, 0.15) is 78.6 Å². The third-order valence-electron chi connectivity index (χ3n) is 3.95. The Morgan fingerprint density at radius 2 is 1.33 bits per heavy atom. The van der Waals surface area contributed by atoms with Gasteiger partial charge in [0.2, 0.25) is 0 Å². The van der Waals surface area contributed by atoms with Crippen LogP contribution in [0.2, 0.25) is 5.04 Å². The molecule has 1 rings (SSSR count). The minimum Gasteiger partial charge on any atom is -0.400 e. The summed E-state index contributed by atoms with van der Waals surface area (Å²) in [6.45, 7) is 6.79. The Morgan fingerprint density at radius 1 is 0.889 bits per heavy atom. The quantitative estimate of drug-likeness (QED) is 0.511. The first-order valence-corrected chi connectivity index (χ1v) is 9.22. The molecule has 0 aromatic heterocycles. The standard InChI is InChI=1S/C9H20O2Si.C6H14/c1-9(12(10-2)11-3)7-5-4-6-8-9;1-3-5-6-4-2/h12H,4-8H2,1-3H3;3-6H2,1-2H3. The molecule has 1 saturated carbocycles. The van der Waals surface area contributed by atoms with Gasteiger partial charge in [-0.3, -0.25) is 0 Å². The Hall–Kier alpha value is 0.137. The third-order valence-corrected chi connectivity index (χ3v) is 6.52. The molecule has 110 valence electrons. The van der Waals surface area contributed by atoms with E-state index in [1.165, 1.54) is 57.8 Å². The monoisotopic (exact) mass is 274 g/mol. The van der Waals surface area contributed by atoms with Crippen LogP contribution in [0.15, 0.2) is 0 Å². The first kappa shape index (κ1) is 18.1. The summed E-state index contributed by atoms with van der Waals surface area (Å²) in [5.74, 6) is 0. The second kappa shape index (κ2) is 11.0. The fraction of sp³-hybridized carbons (Fsp3) is 1.00. The molecule has 0 spiro atoms. The molecule has 0 atom stereocenters. The van der Waals surface area contributed by atoms with Crippen molar-refractivity contribution in [3.05, 3.63) is 0 Å². The van der Waals surface area contributed by atoms with E-state index >= 15 is 0 Å². The summed E-state index contributed by atoms with van der Waals surface area (Å²) in [6.07, 6.45) is 12.2. The van der Waals surface area contributed by atoms with Crippen molar-refractivity contribution < 1.29 is 8.85 Å². The van der Waals surface area contributed by atoms with Crippen molar-refractivity contribution in [1.82, 2.24) is 0 Å². The summed E-state index contributed by atoms with van der Waals surface area (Å²) in [6, 6.07) is 0. The van der Waals surface area contributed by atoms with Crippen molar-refractivity contribution in [2.24, 2.45) is 0 Å². The van der Waals surface area contributed by atoms with Crippen LogP contribution in [0.3, 0.4) is 0 Å². The maximum Gasteiger partial charge on any atom is 0.327 e. The van der Waals surface area contributed by atoms with Crippen LogP contribution in [-0.2, 0) is 8.85 Å². The highest BCUT2D eigenvalue weighted by molar-refractivity contribution is 6.48. The van der Waals surface area contributed by atoms with E-state index in [2.05, 4.69) is 20.8 Å². The van der Waals surface area contributed by atoms with E-state index in [0.29, 0.717) is 5.04 Å². The van der Waals surface area contributed by atoms with Crippen molar-refractivity contribution in [3.63, 3.8) is 0 Å². The lowest BCUT2D eigenvalue weighted by molar-refractivity contribution is 0.219. The molecule has 0 N–H and O–H groups in total. The van der Waals surface area contributed by atoms with Crippen LogP contribution in [0.4, 0.5) is 0 Å². The lowest BCUT2D eigenvalue weighted by atomic mass is 9.90. The average Bonchev–Trinajstić information content (AvgIpc) is 2.39. The largest absolute Gasteiger partial charge is 0.400 e. The van der Waals surface area contributed by atoms with Gasteiger partial charge < -0.3 is 8.85 Å². The number of rotatable bonds is 6. The number of unbranched alkanes of at least 4 members (excludes halogenated alkanes) is 3. The molecule has 1 aliphatic carbocycles. The van der Waals surface area contributed by atoms with Crippen molar-refractivity contribution >= 4 is 9.28 Å². The van der Waals surface area contributed by atoms with E-state index < -0.39 is 9.28 Å². The molecule has 1 fully saturated rings. The topological polar surface area (TPSA) is 18.5 Å². The first-order valence-electron chi connectivity index (χ1n) is 7.70. The molecule has 0 aliphatic heterocycles. The Bertz CT molecular complexity index is 171. The third kappa shape index (κ3) is 6.91. The van der Waals surface area contributed by atoms with Gasteiger partial charge in [-0.1, -0.05) is 65.7 Å². The fourth-order valence-corrected chi connectivity index (χ4v) is 4.97. The van der Waals surface area contributed by atoms with E-state index in [9.17, 15) is 0 Å². The Balaban J connectivity index is 0.000000411. The predicted molar refractivity (Wildman–Crippen MR) is 82.4 cm³/mol. The lowest BCUT2D eigenvalue weighted by Gasteiger charge is -2.36. The highest BCUT2D eigenvalue weighted by Gasteiger charge is 2.38. The first-order chi connectivity index (χ1) is 8.64. The molecule has 0 aromatic rings.